The number of amides is 1. The van der Waals surface area contributed by atoms with Crippen molar-refractivity contribution < 1.29 is 13.9 Å². The highest BCUT2D eigenvalue weighted by Gasteiger charge is 2.09. The number of carbonyl (C=O) groups is 1. The molecule has 1 amide bonds. The number of rotatable bonds is 7. The number of hydrogen-bond acceptors (Lipinski definition) is 3. The first-order valence-corrected chi connectivity index (χ1v) is 5.88. The largest absolute Gasteiger partial charge is 0.383 e. The molecule has 1 unspecified atom stereocenters. The van der Waals surface area contributed by atoms with Crippen LogP contribution in [0.2, 0.25) is 0 Å². The molecule has 0 aliphatic heterocycles. The SMILES string of the molecule is COCCNCC(=O)NC(C)c1cccc(F)c1. The molecule has 1 rings (SSSR count). The molecular weight excluding hydrogens is 235 g/mol. The third-order valence-electron chi connectivity index (χ3n) is 2.49. The lowest BCUT2D eigenvalue weighted by Gasteiger charge is -2.14. The predicted octanol–water partition coefficient (Wildman–Crippen LogP) is 1.24. The van der Waals surface area contributed by atoms with Crippen LogP contribution in [-0.4, -0.2) is 32.7 Å². The molecule has 0 radical (unpaired) electrons. The summed E-state index contributed by atoms with van der Waals surface area (Å²) in [6.07, 6.45) is 0. The van der Waals surface area contributed by atoms with E-state index >= 15 is 0 Å². The average Bonchev–Trinajstić information content (AvgIpc) is 2.34. The summed E-state index contributed by atoms with van der Waals surface area (Å²) in [4.78, 5) is 11.6. The normalized spacial score (nSPS) is 12.2. The minimum absolute atomic E-state index is 0.122. The summed E-state index contributed by atoms with van der Waals surface area (Å²) in [6, 6.07) is 6.00. The van der Waals surface area contributed by atoms with E-state index in [1.165, 1.54) is 12.1 Å². The molecule has 0 fully saturated rings. The fourth-order valence-corrected chi connectivity index (χ4v) is 1.53. The van der Waals surface area contributed by atoms with Crippen molar-refractivity contribution >= 4 is 5.91 Å². The zero-order valence-corrected chi connectivity index (χ0v) is 10.7. The van der Waals surface area contributed by atoms with Crippen LogP contribution in [-0.2, 0) is 9.53 Å². The molecule has 4 nitrogen and oxygen atoms in total. The van der Waals surface area contributed by atoms with Crippen molar-refractivity contribution in [2.24, 2.45) is 0 Å². The standard InChI is InChI=1S/C13H19FN2O2/c1-10(11-4-3-5-12(14)8-11)16-13(17)9-15-6-7-18-2/h3-5,8,10,15H,6-7,9H2,1-2H3,(H,16,17). The van der Waals surface area contributed by atoms with Crippen LogP contribution < -0.4 is 10.6 Å². The number of benzene rings is 1. The molecule has 0 aliphatic carbocycles. The van der Waals surface area contributed by atoms with Crippen molar-refractivity contribution in [2.45, 2.75) is 13.0 Å². The molecule has 18 heavy (non-hydrogen) atoms. The summed E-state index contributed by atoms with van der Waals surface area (Å²) < 4.78 is 17.9. The Morgan fingerprint density at radius 1 is 1.50 bits per heavy atom. The van der Waals surface area contributed by atoms with Crippen LogP contribution in [0, 0.1) is 5.82 Å². The molecule has 5 heteroatoms. The van der Waals surface area contributed by atoms with E-state index < -0.39 is 0 Å². The van der Waals surface area contributed by atoms with Gasteiger partial charge in [-0.2, -0.15) is 0 Å². The first-order valence-electron chi connectivity index (χ1n) is 5.88. The quantitative estimate of drug-likeness (QED) is 0.720. The molecule has 1 aromatic carbocycles. The van der Waals surface area contributed by atoms with Gasteiger partial charge in [0.15, 0.2) is 0 Å². The van der Waals surface area contributed by atoms with Gasteiger partial charge in [0.1, 0.15) is 5.82 Å². The monoisotopic (exact) mass is 254 g/mol. The summed E-state index contributed by atoms with van der Waals surface area (Å²) in [7, 11) is 1.60. The maximum atomic E-state index is 13.0. The average molecular weight is 254 g/mol. The van der Waals surface area contributed by atoms with Gasteiger partial charge in [-0.25, -0.2) is 4.39 Å². The van der Waals surface area contributed by atoms with E-state index in [0.29, 0.717) is 13.2 Å². The van der Waals surface area contributed by atoms with Crippen LogP contribution in [0.1, 0.15) is 18.5 Å². The number of halogens is 1. The Kier molecular flexibility index (Phi) is 6.32. The van der Waals surface area contributed by atoms with Crippen molar-refractivity contribution in [3.8, 4) is 0 Å². The number of carbonyl (C=O) groups excluding carboxylic acids is 1. The number of ether oxygens (including phenoxy) is 1. The van der Waals surface area contributed by atoms with Crippen LogP contribution in [0.25, 0.3) is 0 Å². The number of nitrogens with one attached hydrogen (secondary N) is 2. The first-order chi connectivity index (χ1) is 8.63. The van der Waals surface area contributed by atoms with Gasteiger partial charge in [-0.05, 0) is 24.6 Å². The van der Waals surface area contributed by atoms with E-state index in [1.54, 1.807) is 19.2 Å². The summed E-state index contributed by atoms with van der Waals surface area (Å²) in [5.41, 5.74) is 0.750. The third kappa shape index (κ3) is 5.25. The Morgan fingerprint density at radius 2 is 2.28 bits per heavy atom. The van der Waals surface area contributed by atoms with Crippen molar-refractivity contribution in [3.63, 3.8) is 0 Å². The van der Waals surface area contributed by atoms with Crippen molar-refractivity contribution in [2.75, 3.05) is 26.8 Å². The van der Waals surface area contributed by atoms with Crippen LogP contribution in [0.4, 0.5) is 4.39 Å². The maximum absolute atomic E-state index is 13.0. The highest BCUT2D eigenvalue weighted by atomic mass is 19.1. The van der Waals surface area contributed by atoms with Crippen LogP contribution >= 0.6 is 0 Å². The maximum Gasteiger partial charge on any atom is 0.234 e. The van der Waals surface area contributed by atoms with E-state index in [-0.39, 0.29) is 24.3 Å². The van der Waals surface area contributed by atoms with Crippen LogP contribution in [0.3, 0.4) is 0 Å². The Labute approximate surface area is 107 Å². The van der Waals surface area contributed by atoms with Crippen LogP contribution in [0.5, 0.6) is 0 Å². The summed E-state index contributed by atoms with van der Waals surface area (Å²) >= 11 is 0. The van der Waals surface area contributed by atoms with Gasteiger partial charge in [-0.1, -0.05) is 12.1 Å². The van der Waals surface area contributed by atoms with E-state index in [0.717, 1.165) is 5.56 Å². The summed E-state index contributed by atoms with van der Waals surface area (Å²) in [6.45, 7) is 3.23. The van der Waals surface area contributed by atoms with E-state index in [4.69, 9.17) is 4.74 Å². The Hall–Kier alpha value is -1.46. The summed E-state index contributed by atoms with van der Waals surface area (Å²) in [5.74, 6) is -0.422. The molecule has 100 valence electrons. The molecule has 0 saturated heterocycles. The number of hydrogen-bond donors (Lipinski definition) is 2. The van der Waals surface area contributed by atoms with Gasteiger partial charge in [0.2, 0.25) is 5.91 Å². The molecule has 1 aromatic rings. The minimum atomic E-state index is -0.299. The molecular formula is C13H19FN2O2. The molecule has 0 aromatic heterocycles. The lowest BCUT2D eigenvalue weighted by atomic mass is 10.1. The Bertz CT molecular complexity index is 385. The fraction of sp³-hybridized carbons (Fsp3) is 0.462. The second-order valence-corrected chi connectivity index (χ2v) is 4.01. The lowest BCUT2D eigenvalue weighted by molar-refractivity contribution is -0.120. The van der Waals surface area contributed by atoms with Gasteiger partial charge < -0.3 is 15.4 Å². The first kappa shape index (κ1) is 14.6. The summed E-state index contributed by atoms with van der Waals surface area (Å²) in [5, 5.41) is 5.73. The third-order valence-corrected chi connectivity index (χ3v) is 2.49. The van der Waals surface area contributed by atoms with Crippen molar-refractivity contribution in [3.05, 3.63) is 35.6 Å². The molecule has 0 spiro atoms. The second kappa shape index (κ2) is 7.79. The van der Waals surface area contributed by atoms with Gasteiger partial charge in [0.05, 0.1) is 19.2 Å². The Morgan fingerprint density at radius 3 is 2.94 bits per heavy atom. The lowest BCUT2D eigenvalue weighted by Crippen LogP contribution is -2.36. The fourth-order valence-electron chi connectivity index (χ4n) is 1.53. The van der Waals surface area contributed by atoms with Crippen molar-refractivity contribution in [1.82, 2.24) is 10.6 Å². The zero-order chi connectivity index (χ0) is 13.4. The highest BCUT2D eigenvalue weighted by Crippen LogP contribution is 2.12. The van der Waals surface area contributed by atoms with E-state index in [1.807, 2.05) is 6.92 Å². The molecule has 0 bridgehead atoms. The second-order valence-electron chi connectivity index (χ2n) is 4.01. The van der Waals surface area contributed by atoms with Gasteiger partial charge in [-0.15, -0.1) is 0 Å². The van der Waals surface area contributed by atoms with Gasteiger partial charge in [0.25, 0.3) is 0 Å². The molecule has 0 heterocycles. The van der Waals surface area contributed by atoms with Crippen molar-refractivity contribution in [1.29, 1.82) is 0 Å². The number of methoxy groups -OCH3 is 1. The minimum Gasteiger partial charge on any atom is -0.383 e. The predicted molar refractivity (Wildman–Crippen MR) is 67.7 cm³/mol. The molecule has 2 N–H and O–H groups in total. The van der Waals surface area contributed by atoms with Crippen LogP contribution in [0.15, 0.2) is 24.3 Å². The van der Waals surface area contributed by atoms with E-state index in [2.05, 4.69) is 10.6 Å². The topological polar surface area (TPSA) is 50.4 Å². The smallest absolute Gasteiger partial charge is 0.234 e. The van der Waals surface area contributed by atoms with E-state index in [9.17, 15) is 9.18 Å². The van der Waals surface area contributed by atoms with Gasteiger partial charge >= 0.3 is 0 Å². The Balaban J connectivity index is 2.35. The molecule has 0 aliphatic rings. The highest BCUT2D eigenvalue weighted by molar-refractivity contribution is 5.78. The molecule has 0 saturated carbocycles. The van der Waals surface area contributed by atoms with Gasteiger partial charge in [0, 0.05) is 13.7 Å². The van der Waals surface area contributed by atoms with Gasteiger partial charge in [-0.3, -0.25) is 4.79 Å². The zero-order valence-electron chi connectivity index (χ0n) is 10.7. The molecule has 1 atom stereocenters.